The quantitative estimate of drug-likeness (QED) is 0.505. The summed E-state index contributed by atoms with van der Waals surface area (Å²) in [6.45, 7) is 2.60. The minimum absolute atomic E-state index is 0.421. The van der Waals surface area contributed by atoms with Gasteiger partial charge in [-0.3, -0.25) is 10.4 Å². The fourth-order valence-electron chi connectivity index (χ4n) is 1.58. The minimum Gasteiger partial charge on any atom is -0.494 e. The molecule has 108 valence electrons. The molecule has 2 N–H and O–H groups in total. The Morgan fingerprint density at radius 2 is 1.95 bits per heavy atom. The molecule has 0 unspecified atom stereocenters. The molecule has 0 amide bonds. The average molecular weight is 300 g/mol. The number of nitrogens with zero attached hydrogens (tertiary/aromatic N) is 2. The van der Waals surface area contributed by atoms with Crippen LogP contribution in [0.5, 0.6) is 5.75 Å². The van der Waals surface area contributed by atoms with Gasteiger partial charge >= 0.3 is 0 Å². The first-order chi connectivity index (χ1) is 10.3. The van der Waals surface area contributed by atoms with Crippen molar-refractivity contribution in [3.8, 4) is 5.75 Å². The first-order valence-corrected chi connectivity index (χ1v) is 6.91. The van der Waals surface area contributed by atoms with E-state index in [4.69, 9.17) is 17.0 Å². The second-order valence-electron chi connectivity index (χ2n) is 4.06. The van der Waals surface area contributed by atoms with Crippen molar-refractivity contribution in [3.63, 3.8) is 0 Å². The van der Waals surface area contributed by atoms with E-state index in [1.54, 1.807) is 18.6 Å². The molecule has 0 bridgehead atoms. The highest BCUT2D eigenvalue weighted by Gasteiger charge is 1.97. The summed E-state index contributed by atoms with van der Waals surface area (Å²) < 4.78 is 5.37. The Labute approximate surface area is 129 Å². The Hall–Kier alpha value is -2.47. The van der Waals surface area contributed by atoms with Gasteiger partial charge in [-0.25, -0.2) is 0 Å². The topological polar surface area (TPSA) is 58.5 Å². The monoisotopic (exact) mass is 300 g/mol. The number of anilines is 1. The van der Waals surface area contributed by atoms with E-state index in [0.29, 0.717) is 11.7 Å². The maximum absolute atomic E-state index is 5.37. The lowest BCUT2D eigenvalue weighted by molar-refractivity contribution is 0.340. The van der Waals surface area contributed by atoms with E-state index in [0.717, 1.165) is 17.0 Å². The molecule has 0 saturated carbocycles. The first kappa shape index (κ1) is 14.9. The highest BCUT2D eigenvalue weighted by Crippen LogP contribution is 2.15. The number of hydrogen-bond acceptors (Lipinski definition) is 4. The van der Waals surface area contributed by atoms with Gasteiger partial charge in [0.15, 0.2) is 5.11 Å². The van der Waals surface area contributed by atoms with Gasteiger partial charge in [0.2, 0.25) is 0 Å². The number of benzene rings is 1. The van der Waals surface area contributed by atoms with Crippen molar-refractivity contribution in [1.82, 2.24) is 10.4 Å². The number of pyridine rings is 1. The van der Waals surface area contributed by atoms with Crippen LogP contribution in [0.4, 0.5) is 5.69 Å². The van der Waals surface area contributed by atoms with Crippen molar-refractivity contribution in [2.75, 3.05) is 11.9 Å². The summed E-state index contributed by atoms with van der Waals surface area (Å²) in [6.07, 6.45) is 5.09. The summed E-state index contributed by atoms with van der Waals surface area (Å²) in [6, 6.07) is 11.3. The highest BCUT2D eigenvalue weighted by atomic mass is 32.1. The predicted molar refractivity (Wildman–Crippen MR) is 88.8 cm³/mol. The number of hydrazone groups is 1. The molecular weight excluding hydrogens is 284 g/mol. The molecule has 0 fully saturated rings. The van der Waals surface area contributed by atoms with Gasteiger partial charge in [-0.1, -0.05) is 0 Å². The van der Waals surface area contributed by atoms with Crippen LogP contribution in [0, 0.1) is 0 Å². The van der Waals surface area contributed by atoms with E-state index in [2.05, 4.69) is 20.8 Å². The lowest BCUT2D eigenvalue weighted by atomic mass is 10.3. The Bertz CT molecular complexity index is 599. The van der Waals surface area contributed by atoms with E-state index in [1.165, 1.54) is 0 Å². The molecule has 2 rings (SSSR count). The van der Waals surface area contributed by atoms with Crippen LogP contribution >= 0.6 is 12.2 Å². The van der Waals surface area contributed by atoms with E-state index in [-0.39, 0.29) is 0 Å². The number of nitrogens with one attached hydrogen (secondary N) is 2. The Balaban J connectivity index is 1.83. The van der Waals surface area contributed by atoms with E-state index < -0.39 is 0 Å². The van der Waals surface area contributed by atoms with Gasteiger partial charge in [0.1, 0.15) is 5.75 Å². The zero-order valence-corrected chi connectivity index (χ0v) is 12.4. The third-order valence-electron chi connectivity index (χ3n) is 2.51. The van der Waals surface area contributed by atoms with Crippen LogP contribution in [0.3, 0.4) is 0 Å². The molecule has 0 spiro atoms. The Kier molecular flexibility index (Phi) is 5.66. The molecule has 21 heavy (non-hydrogen) atoms. The summed E-state index contributed by atoms with van der Waals surface area (Å²) in [4.78, 5) is 3.93. The molecule has 0 saturated heterocycles. The van der Waals surface area contributed by atoms with Gasteiger partial charge in [-0.15, -0.1) is 0 Å². The van der Waals surface area contributed by atoms with Crippen LogP contribution in [-0.4, -0.2) is 22.9 Å². The third kappa shape index (κ3) is 5.19. The smallest absolute Gasteiger partial charge is 0.191 e. The van der Waals surface area contributed by atoms with Gasteiger partial charge in [0, 0.05) is 18.1 Å². The number of hydrogen-bond donors (Lipinski definition) is 2. The zero-order chi connectivity index (χ0) is 14.9. The molecule has 1 heterocycles. The fraction of sp³-hybridized carbons (Fsp3) is 0.133. The first-order valence-electron chi connectivity index (χ1n) is 6.51. The maximum Gasteiger partial charge on any atom is 0.191 e. The van der Waals surface area contributed by atoms with Gasteiger partial charge in [0.25, 0.3) is 0 Å². The predicted octanol–water partition coefficient (Wildman–Crippen LogP) is 2.80. The second-order valence-corrected chi connectivity index (χ2v) is 4.47. The molecule has 0 aliphatic rings. The van der Waals surface area contributed by atoms with Crippen LogP contribution in [-0.2, 0) is 0 Å². The van der Waals surface area contributed by atoms with Gasteiger partial charge in [0.05, 0.1) is 12.8 Å². The maximum atomic E-state index is 5.37. The minimum atomic E-state index is 0.421. The summed E-state index contributed by atoms with van der Waals surface area (Å²) >= 11 is 5.16. The molecule has 0 atom stereocenters. The molecule has 0 radical (unpaired) electrons. The lowest BCUT2D eigenvalue weighted by Crippen LogP contribution is -2.23. The molecule has 1 aromatic heterocycles. The van der Waals surface area contributed by atoms with Crippen molar-refractivity contribution < 1.29 is 4.74 Å². The normalized spacial score (nSPS) is 10.3. The highest BCUT2D eigenvalue weighted by molar-refractivity contribution is 7.80. The number of rotatable bonds is 5. The lowest BCUT2D eigenvalue weighted by Gasteiger charge is -2.08. The van der Waals surface area contributed by atoms with Crippen molar-refractivity contribution in [1.29, 1.82) is 0 Å². The van der Waals surface area contributed by atoms with Gasteiger partial charge in [-0.05, 0) is 61.1 Å². The van der Waals surface area contributed by atoms with Crippen LogP contribution in [0.25, 0.3) is 0 Å². The van der Waals surface area contributed by atoms with Crippen LogP contribution in [0.1, 0.15) is 12.5 Å². The van der Waals surface area contributed by atoms with E-state index in [1.807, 2.05) is 43.3 Å². The van der Waals surface area contributed by atoms with Gasteiger partial charge < -0.3 is 10.1 Å². The number of aromatic nitrogens is 1. The zero-order valence-electron chi connectivity index (χ0n) is 11.6. The summed E-state index contributed by atoms with van der Waals surface area (Å²) in [5.74, 6) is 0.831. The van der Waals surface area contributed by atoms with Crippen LogP contribution in [0.15, 0.2) is 53.9 Å². The van der Waals surface area contributed by atoms with Crippen molar-refractivity contribution in [2.45, 2.75) is 6.92 Å². The Morgan fingerprint density at radius 1 is 1.24 bits per heavy atom. The number of thiocarbonyl (C=S) groups is 1. The molecular formula is C15H16N4OS. The summed E-state index contributed by atoms with van der Waals surface area (Å²) in [7, 11) is 0. The molecule has 6 heteroatoms. The van der Waals surface area contributed by atoms with E-state index >= 15 is 0 Å². The summed E-state index contributed by atoms with van der Waals surface area (Å²) in [5, 5.41) is 7.51. The van der Waals surface area contributed by atoms with Crippen molar-refractivity contribution >= 4 is 29.2 Å². The third-order valence-corrected chi connectivity index (χ3v) is 2.70. The molecule has 5 nitrogen and oxygen atoms in total. The summed E-state index contributed by atoms with van der Waals surface area (Å²) in [5.41, 5.74) is 4.57. The average Bonchev–Trinajstić information content (AvgIpc) is 2.51. The standard InChI is InChI=1S/C15H16N4OS/c1-2-20-14-5-3-13(4-6-14)18-15(21)19-17-11-12-7-9-16-10-8-12/h3-11H,2H2,1H3,(H2,18,19,21)/b17-11-. The molecule has 0 aliphatic carbocycles. The van der Waals surface area contributed by atoms with Crippen molar-refractivity contribution in [3.05, 3.63) is 54.4 Å². The SMILES string of the molecule is CCOc1ccc(NC(=S)N/N=C\c2ccncc2)cc1. The van der Waals surface area contributed by atoms with Crippen LogP contribution in [0.2, 0.25) is 0 Å². The largest absolute Gasteiger partial charge is 0.494 e. The van der Waals surface area contributed by atoms with Crippen molar-refractivity contribution in [2.24, 2.45) is 5.10 Å². The molecule has 1 aromatic carbocycles. The molecule has 0 aliphatic heterocycles. The van der Waals surface area contributed by atoms with E-state index in [9.17, 15) is 0 Å². The Morgan fingerprint density at radius 3 is 2.62 bits per heavy atom. The number of ether oxygens (including phenoxy) is 1. The molecule has 2 aromatic rings. The second kappa shape index (κ2) is 7.96. The van der Waals surface area contributed by atoms with Gasteiger partial charge in [-0.2, -0.15) is 5.10 Å². The fourth-order valence-corrected chi connectivity index (χ4v) is 1.75. The van der Waals surface area contributed by atoms with Crippen LogP contribution < -0.4 is 15.5 Å².